The van der Waals surface area contributed by atoms with E-state index in [4.69, 9.17) is 0 Å². The highest BCUT2D eigenvalue weighted by Crippen LogP contribution is 2.53. The molecule has 1 saturated carbocycles. The van der Waals surface area contributed by atoms with Crippen molar-refractivity contribution in [3.05, 3.63) is 82.4 Å². The quantitative estimate of drug-likeness (QED) is 0.543. The standard InChI is InChI=1S/C28H24F2N2O4S/c1-32-10-7-16-3-4-17(11-21(16)27(32)34)20-13-19(14-23-22(20)15-26(33)28(23)8-2-9-28)31-37(35,36)25-6-5-18(29)12-24(25)30/h3-6,11-14,31H,2,7-10,15H2,1H3. The molecule has 190 valence electrons. The van der Waals surface area contributed by atoms with Crippen molar-refractivity contribution in [3.63, 3.8) is 0 Å². The fourth-order valence-corrected chi connectivity index (χ4v) is 6.92. The zero-order chi connectivity index (χ0) is 26.1. The first kappa shape index (κ1) is 23.8. The van der Waals surface area contributed by atoms with Gasteiger partial charge in [0.2, 0.25) is 0 Å². The number of fused-ring (bicyclic) bond motifs is 3. The van der Waals surface area contributed by atoms with Crippen molar-refractivity contribution < 1.29 is 26.8 Å². The summed E-state index contributed by atoms with van der Waals surface area (Å²) in [6.07, 6.45) is 3.25. The van der Waals surface area contributed by atoms with Gasteiger partial charge in [-0.2, -0.15) is 0 Å². The zero-order valence-corrected chi connectivity index (χ0v) is 20.9. The van der Waals surface area contributed by atoms with Crippen molar-refractivity contribution in [1.29, 1.82) is 0 Å². The molecule has 0 bridgehead atoms. The number of rotatable bonds is 4. The van der Waals surface area contributed by atoms with Crippen LogP contribution < -0.4 is 4.72 Å². The number of nitrogens with one attached hydrogen (secondary N) is 1. The van der Waals surface area contributed by atoms with Gasteiger partial charge in [0.25, 0.3) is 15.9 Å². The summed E-state index contributed by atoms with van der Waals surface area (Å²) >= 11 is 0. The van der Waals surface area contributed by atoms with Gasteiger partial charge in [0.15, 0.2) is 0 Å². The maximum atomic E-state index is 14.3. The lowest BCUT2D eigenvalue weighted by atomic mass is 9.64. The minimum absolute atomic E-state index is 0.0880. The number of Topliss-reactive ketones (excluding diaryl/α,β-unsaturated/α-hetero) is 1. The molecule has 0 unspecified atom stereocenters. The molecule has 37 heavy (non-hydrogen) atoms. The zero-order valence-electron chi connectivity index (χ0n) is 20.1. The molecular formula is C28H24F2N2O4S. The molecule has 1 fully saturated rings. The van der Waals surface area contributed by atoms with Gasteiger partial charge in [0, 0.05) is 37.3 Å². The van der Waals surface area contributed by atoms with E-state index >= 15 is 0 Å². The van der Waals surface area contributed by atoms with Crippen LogP contribution in [0.2, 0.25) is 0 Å². The largest absolute Gasteiger partial charge is 0.341 e. The average molecular weight is 523 g/mol. The highest BCUT2D eigenvalue weighted by atomic mass is 32.2. The second-order valence-electron chi connectivity index (χ2n) is 10.1. The smallest absolute Gasteiger partial charge is 0.264 e. The first-order chi connectivity index (χ1) is 17.6. The molecule has 3 aliphatic rings. The fraction of sp³-hybridized carbons (Fsp3) is 0.286. The summed E-state index contributed by atoms with van der Waals surface area (Å²) in [6, 6.07) is 11.2. The Morgan fingerprint density at radius 2 is 1.76 bits per heavy atom. The van der Waals surface area contributed by atoms with Gasteiger partial charge in [-0.3, -0.25) is 14.3 Å². The third-order valence-corrected chi connectivity index (χ3v) is 9.41. The number of nitrogens with zero attached hydrogens (tertiary/aromatic N) is 1. The number of likely N-dealkylation sites (N-methyl/N-ethyl adjacent to an activating group) is 1. The Bertz CT molecular complexity index is 1610. The summed E-state index contributed by atoms with van der Waals surface area (Å²) in [5.41, 5.74) is 4.04. The number of carbonyl (C=O) groups excluding carboxylic acids is 2. The van der Waals surface area contributed by atoms with Crippen LogP contribution in [0.4, 0.5) is 14.5 Å². The number of sulfonamides is 1. The Kier molecular flexibility index (Phi) is 5.28. The number of hydrogen-bond donors (Lipinski definition) is 1. The molecule has 3 aromatic rings. The molecule has 1 amide bonds. The van der Waals surface area contributed by atoms with E-state index in [2.05, 4.69) is 4.72 Å². The molecule has 0 atom stereocenters. The fourth-order valence-electron chi connectivity index (χ4n) is 5.82. The first-order valence-electron chi connectivity index (χ1n) is 12.2. The van der Waals surface area contributed by atoms with Gasteiger partial charge in [-0.25, -0.2) is 17.2 Å². The van der Waals surface area contributed by atoms with E-state index in [1.807, 2.05) is 12.1 Å². The van der Waals surface area contributed by atoms with Crippen LogP contribution in [0.25, 0.3) is 11.1 Å². The molecule has 0 saturated heterocycles. The summed E-state index contributed by atoms with van der Waals surface area (Å²) in [4.78, 5) is 27.0. The van der Waals surface area contributed by atoms with Crippen molar-refractivity contribution in [2.75, 3.05) is 18.3 Å². The highest BCUT2D eigenvalue weighted by molar-refractivity contribution is 7.92. The number of anilines is 1. The van der Waals surface area contributed by atoms with Crippen molar-refractivity contribution in [2.45, 2.75) is 42.4 Å². The molecule has 0 aromatic heterocycles. The first-order valence-corrected chi connectivity index (χ1v) is 13.6. The molecule has 1 spiro atoms. The van der Waals surface area contributed by atoms with E-state index in [0.29, 0.717) is 42.1 Å². The maximum absolute atomic E-state index is 14.3. The molecule has 1 N–H and O–H groups in total. The Morgan fingerprint density at radius 1 is 0.973 bits per heavy atom. The number of ketones is 1. The maximum Gasteiger partial charge on any atom is 0.264 e. The Morgan fingerprint density at radius 3 is 2.46 bits per heavy atom. The molecular weight excluding hydrogens is 498 g/mol. The van der Waals surface area contributed by atoms with Crippen molar-refractivity contribution in [3.8, 4) is 11.1 Å². The molecule has 6 nitrogen and oxygen atoms in total. The van der Waals surface area contributed by atoms with Crippen LogP contribution in [0.1, 0.15) is 46.3 Å². The van der Waals surface area contributed by atoms with E-state index in [0.717, 1.165) is 41.7 Å². The van der Waals surface area contributed by atoms with Crippen LogP contribution >= 0.6 is 0 Å². The highest BCUT2D eigenvalue weighted by Gasteiger charge is 2.51. The molecule has 6 rings (SSSR count). The molecule has 9 heteroatoms. The third-order valence-electron chi connectivity index (χ3n) is 7.99. The lowest BCUT2D eigenvalue weighted by molar-refractivity contribution is -0.125. The molecule has 1 aliphatic heterocycles. The van der Waals surface area contributed by atoms with Gasteiger partial charge in [-0.1, -0.05) is 18.6 Å². The third kappa shape index (κ3) is 3.67. The van der Waals surface area contributed by atoms with E-state index in [1.165, 1.54) is 0 Å². The second-order valence-corrected chi connectivity index (χ2v) is 11.8. The van der Waals surface area contributed by atoms with Crippen LogP contribution in [0.15, 0.2) is 53.4 Å². The summed E-state index contributed by atoms with van der Waals surface area (Å²) < 4.78 is 56.3. The number of amides is 1. The summed E-state index contributed by atoms with van der Waals surface area (Å²) in [6.45, 7) is 0.634. The van der Waals surface area contributed by atoms with E-state index in [1.54, 1.807) is 30.1 Å². The van der Waals surface area contributed by atoms with Gasteiger partial charge in [-0.05, 0) is 77.4 Å². The lowest BCUT2D eigenvalue weighted by Gasteiger charge is -2.38. The molecule has 1 heterocycles. The normalized spacial score (nSPS) is 18.0. The van der Waals surface area contributed by atoms with Crippen LogP contribution in [-0.2, 0) is 33.1 Å². The summed E-state index contributed by atoms with van der Waals surface area (Å²) in [7, 11) is -2.64. The van der Waals surface area contributed by atoms with Gasteiger partial charge in [0.05, 0.1) is 5.41 Å². The predicted octanol–water partition coefficient (Wildman–Crippen LogP) is 4.61. The minimum atomic E-state index is -4.38. The van der Waals surface area contributed by atoms with E-state index < -0.39 is 32.0 Å². The predicted molar refractivity (Wildman–Crippen MR) is 134 cm³/mol. The van der Waals surface area contributed by atoms with Gasteiger partial charge in [0.1, 0.15) is 22.3 Å². The van der Waals surface area contributed by atoms with Gasteiger partial charge < -0.3 is 4.90 Å². The van der Waals surface area contributed by atoms with Crippen LogP contribution in [-0.4, -0.2) is 38.6 Å². The second kappa shape index (κ2) is 8.21. The molecule has 3 aromatic carbocycles. The molecule has 0 radical (unpaired) electrons. The summed E-state index contributed by atoms with van der Waals surface area (Å²) in [5, 5.41) is 0. The van der Waals surface area contributed by atoms with Crippen LogP contribution in [0, 0.1) is 11.6 Å². The van der Waals surface area contributed by atoms with Crippen LogP contribution in [0.3, 0.4) is 0 Å². The van der Waals surface area contributed by atoms with Crippen molar-refractivity contribution in [1.82, 2.24) is 4.90 Å². The summed E-state index contributed by atoms with van der Waals surface area (Å²) in [5.74, 6) is -2.06. The molecule has 2 aliphatic carbocycles. The topological polar surface area (TPSA) is 83.6 Å². The minimum Gasteiger partial charge on any atom is -0.341 e. The monoisotopic (exact) mass is 522 g/mol. The van der Waals surface area contributed by atoms with Gasteiger partial charge >= 0.3 is 0 Å². The Hall–Kier alpha value is -3.59. The Labute approximate surface area is 213 Å². The van der Waals surface area contributed by atoms with E-state index in [-0.39, 0.29) is 23.8 Å². The van der Waals surface area contributed by atoms with Gasteiger partial charge in [-0.15, -0.1) is 0 Å². The number of carbonyl (C=O) groups is 2. The number of halogens is 2. The SMILES string of the molecule is CN1CCc2ccc(-c3cc(NS(=O)(=O)c4ccc(F)cc4F)cc4c3CC(=O)C43CCC3)cc2C1=O. The Balaban J connectivity index is 1.50. The van der Waals surface area contributed by atoms with Crippen molar-refractivity contribution in [2.24, 2.45) is 0 Å². The number of hydrogen-bond acceptors (Lipinski definition) is 4. The van der Waals surface area contributed by atoms with Crippen molar-refractivity contribution >= 4 is 27.4 Å². The van der Waals surface area contributed by atoms with Crippen LogP contribution in [0.5, 0.6) is 0 Å². The number of benzene rings is 3. The van der Waals surface area contributed by atoms with E-state index in [9.17, 15) is 26.8 Å². The average Bonchev–Trinajstić information content (AvgIpc) is 3.12. The lowest BCUT2D eigenvalue weighted by Crippen LogP contribution is -2.39.